The normalized spacial score (nSPS) is 14.6. The molecular formula is C19H21N3O4S. The van der Waals surface area contributed by atoms with Crippen LogP contribution in [0.4, 0.5) is 5.69 Å². The molecule has 0 radical (unpaired) electrons. The Kier molecular flexibility index (Phi) is 5.18. The standard InChI is InChI=1S/C19H21N3O4S/c1-13-3-4-14(2)17(11-13)27(25,26)21-16-7-5-15(6-8-16)19(24)22-10-9-20-18(23)12-22/h3-8,11,21H,9-10,12H2,1-2H3,(H,20,23). The van der Waals surface area contributed by atoms with E-state index in [0.29, 0.717) is 29.9 Å². The summed E-state index contributed by atoms with van der Waals surface area (Å²) < 4.78 is 27.8. The number of hydrogen-bond acceptors (Lipinski definition) is 4. The summed E-state index contributed by atoms with van der Waals surface area (Å²) in [4.78, 5) is 25.6. The van der Waals surface area contributed by atoms with Crippen LogP contribution in [0.5, 0.6) is 0 Å². The number of piperazine rings is 1. The molecule has 0 aliphatic carbocycles. The number of nitrogens with zero attached hydrogens (tertiary/aromatic N) is 1. The Hall–Kier alpha value is -2.87. The molecule has 1 aliphatic rings. The number of carbonyl (C=O) groups excluding carboxylic acids is 2. The van der Waals surface area contributed by atoms with Crippen LogP contribution in [0.15, 0.2) is 47.4 Å². The lowest BCUT2D eigenvalue weighted by molar-refractivity contribution is -0.123. The van der Waals surface area contributed by atoms with Gasteiger partial charge in [0.15, 0.2) is 0 Å². The highest BCUT2D eigenvalue weighted by Gasteiger charge is 2.22. The number of carbonyl (C=O) groups is 2. The number of hydrogen-bond donors (Lipinski definition) is 2. The molecule has 8 heteroatoms. The van der Waals surface area contributed by atoms with E-state index in [1.54, 1.807) is 43.3 Å². The molecule has 1 fully saturated rings. The third kappa shape index (κ3) is 4.28. The maximum Gasteiger partial charge on any atom is 0.262 e. The van der Waals surface area contributed by atoms with Crippen LogP contribution in [0, 0.1) is 13.8 Å². The molecule has 0 atom stereocenters. The highest BCUT2D eigenvalue weighted by Crippen LogP contribution is 2.21. The zero-order chi connectivity index (χ0) is 19.6. The molecule has 1 saturated heterocycles. The molecule has 27 heavy (non-hydrogen) atoms. The van der Waals surface area contributed by atoms with Gasteiger partial charge < -0.3 is 10.2 Å². The minimum atomic E-state index is -3.73. The molecule has 7 nitrogen and oxygen atoms in total. The van der Waals surface area contributed by atoms with Crippen molar-refractivity contribution < 1.29 is 18.0 Å². The van der Waals surface area contributed by atoms with Gasteiger partial charge in [-0.15, -0.1) is 0 Å². The summed E-state index contributed by atoms with van der Waals surface area (Å²) in [7, 11) is -3.73. The third-order valence-electron chi connectivity index (χ3n) is 4.34. The fraction of sp³-hybridized carbons (Fsp3) is 0.263. The van der Waals surface area contributed by atoms with Crippen molar-refractivity contribution in [3.63, 3.8) is 0 Å². The molecule has 2 aromatic rings. The highest BCUT2D eigenvalue weighted by molar-refractivity contribution is 7.92. The molecule has 142 valence electrons. The van der Waals surface area contributed by atoms with Gasteiger partial charge in [-0.1, -0.05) is 12.1 Å². The van der Waals surface area contributed by atoms with E-state index in [1.807, 2.05) is 13.0 Å². The Balaban J connectivity index is 1.76. The number of nitrogens with one attached hydrogen (secondary N) is 2. The first kappa shape index (κ1) is 18.9. The van der Waals surface area contributed by atoms with Crippen LogP contribution in [-0.4, -0.2) is 44.8 Å². The quantitative estimate of drug-likeness (QED) is 0.834. The predicted molar refractivity (Wildman–Crippen MR) is 102 cm³/mol. The summed E-state index contributed by atoms with van der Waals surface area (Å²) in [5.74, 6) is -0.443. The highest BCUT2D eigenvalue weighted by atomic mass is 32.2. The van der Waals surface area contributed by atoms with Gasteiger partial charge in [0.1, 0.15) is 0 Å². The molecule has 0 bridgehead atoms. The van der Waals surface area contributed by atoms with Crippen molar-refractivity contribution in [1.82, 2.24) is 10.2 Å². The Morgan fingerprint density at radius 2 is 1.81 bits per heavy atom. The first-order valence-corrected chi connectivity index (χ1v) is 10.0. The molecule has 0 aromatic heterocycles. The number of rotatable bonds is 4. The van der Waals surface area contributed by atoms with Gasteiger partial charge in [-0.25, -0.2) is 8.42 Å². The lowest BCUT2D eigenvalue weighted by Crippen LogP contribution is -2.49. The largest absolute Gasteiger partial charge is 0.353 e. The molecule has 1 heterocycles. The van der Waals surface area contributed by atoms with Gasteiger partial charge in [0.05, 0.1) is 11.4 Å². The molecule has 0 saturated carbocycles. The Morgan fingerprint density at radius 3 is 2.48 bits per heavy atom. The van der Waals surface area contributed by atoms with E-state index in [2.05, 4.69) is 10.0 Å². The average Bonchev–Trinajstić information content (AvgIpc) is 2.63. The van der Waals surface area contributed by atoms with Crippen molar-refractivity contribution in [3.05, 3.63) is 59.2 Å². The summed E-state index contributed by atoms with van der Waals surface area (Å²) >= 11 is 0. The van der Waals surface area contributed by atoms with Crippen molar-refractivity contribution in [3.8, 4) is 0 Å². The van der Waals surface area contributed by atoms with Gasteiger partial charge in [0.2, 0.25) is 5.91 Å². The Bertz CT molecular complexity index is 985. The topological polar surface area (TPSA) is 95.6 Å². The van der Waals surface area contributed by atoms with Crippen molar-refractivity contribution >= 4 is 27.5 Å². The van der Waals surface area contributed by atoms with Crippen LogP contribution in [-0.2, 0) is 14.8 Å². The van der Waals surface area contributed by atoms with E-state index >= 15 is 0 Å². The van der Waals surface area contributed by atoms with Gasteiger partial charge in [-0.05, 0) is 55.3 Å². The molecular weight excluding hydrogens is 366 g/mol. The lowest BCUT2D eigenvalue weighted by atomic mass is 10.1. The summed E-state index contributed by atoms with van der Waals surface area (Å²) in [6, 6.07) is 11.4. The Morgan fingerprint density at radius 1 is 1.11 bits per heavy atom. The summed E-state index contributed by atoms with van der Waals surface area (Å²) in [6.45, 7) is 4.48. The van der Waals surface area contributed by atoms with Gasteiger partial charge in [0, 0.05) is 24.3 Å². The van der Waals surface area contributed by atoms with E-state index in [4.69, 9.17) is 0 Å². The van der Waals surface area contributed by atoms with Crippen LogP contribution in [0.25, 0.3) is 0 Å². The fourth-order valence-electron chi connectivity index (χ4n) is 2.88. The van der Waals surface area contributed by atoms with Gasteiger partial charge in [0.25, 0.3) is 15.9 Å². The Labute approximate surface area is 158 Å². The molecule has 2 N–H and O–H groups in total. The number of benzene rings is 2. The third-order valence-corrected chi connectivity index (χ3v) is 5.87. The van der Waals surface area contributed by atoms with Gasteiger partial charge in [-0.2, -0.15) is 0 Å². The van der Waals surface area contributed by atoms with Gasteiger partial charge >= 0.3 is 0 Å². The maximum absolute atomic E-state index is 12.6. The molecule has 0 unspecified atom stereocenters. The fourth-order valence-corrected chi connectivity index (χ4v) is 4.27. The van der Waals surface area contributed by atoms with Crippen LogP contribution in [0.3, 0.4) is 0 Å². The van der Waals surface area contributed by atoms with E-state index in [9.17, 15) is 18.0 Å². The van der Waals surface area contributed by atoms with Crippen LogP contribution >= 0.6 is 0 Å². The van der Waals surface area contributed by atoms with Crippen molar-refractivity contribution in [2.24, 2.45) is 0 Å². The SMILES string of the molecule is Cc1ccc(C)c(S(=O)(=O)Nc2ccc(C(=O)N3CCNC(=O)C3)cc2)c1. The smallest absolute Gasteiger partial charge is 0.262 e. The summed E-state index contributed by atoms with van der Waals surface area (Å²) in [5.41, 5.74) is 2.28. The van der Waals surface area contributed by atoms with Crippen LogP contribution < -0.4 is 10.0 Å². The van der Waals surface area contributed by atoms with Crippen LogP contribution in [0.1, 0.15) is 21.5 Å². The minimum Gasteiger partial charge on any atom is -0.353 e. The van der Waals surface area contributed by atoms with E-state index in [1.165, 1.54) is 4.90 Å². The molecule has 2 aromatic carbocycles. The minimum absolute atomic E-state index is 0.0276. The molecule has 3 rings (SSSR count). The zero-order valence-electron chi connectivity index (χ0n) is 15.2. The van der Waals surface area contributed by atoms with E-state index < -0.39 is 10.0 Å². The molecule has 2 amide bonds. The summed E-state index contributed by atoms with van der Waals surface area (Å²) in [5, 5.41) is 2.67. The first-order valence-electron chi connectivity index (χ1n) is 8.52. The zero-order valence-corrected chi connectivity index (χ0v) is 16.0. The van der Waals surface area contributed by atoms with Crippen molar-refractivity contribution in [2.75, 3.05) is 24.4 Å². The van der Waals surface area contributed by atoms with Crippen molar-refractivity contribution in [2.45, 2.75) is 18.7 Å². The number of sulfonamides is 1. The maximum atomic E-state index is 12.6. The molecule has 0 spiro atoms. The monoisotopic (exact) mass is 387 g/mol. The van der Waals surface area contributed by atoms with Crippen LogP contribution in [0.2, 0.25) is 0 Å². The predicted octanol–water partition coefficient (Wildman–Crippen LogP) is 1.68. The number of amides is 2. The number of aryl methyl sites for hydroxylation is 2. The second-order valence-corrected chi connectivity index (χ2v) is 8.18. The van der Waals surface area contributed by atoms with E-state index in [-0.39, 0.29) is 23.3 Å². The first-order chi connectivity index (χ1) is 12.8. The van der Waals surface area contributed by atoms with Crippen molar-refractivity contribution in [1.29, 1.82) is 0 Å². The van der Waals surface area contributed by atoms with Gasteiger partial charge in [-0.3, -0.25) is 14.3 Å². The second kappa shape index (κ2) is 7.40. The second-order valence-electron chi connectivity index (χ2n) is 6.53. The lowest BCUT2D eigenvalue weighted by Gasteiger charge is -2.26. The number of anilines is 1. The average molecular weight is 387 g/mol. The molecule has 1 aliphatic heterocycles. The van der Waals surface area contributed by atoms with E-state index in [0.717, 1.165) is 5.56 Å². The summed E-state index contributed by atoms with van der Waals surface area (Å²) in [6.07, 6.45) is 0.